The summed E-state index contributed by atoms with van der Waals surface area (Å²) in [6, 6.07) is 2.77. The van der Waals surface area contributed by atoms with E-state index in [0.717, 1.165) is 6.07 Å². The minimum atomic E-state index is -4.41. The molecule has 1 aromatic rings. The van der Waals surface area contributed by atoms with Crippen LogP contribution in [-0.4, -0.2) is 12.2 Å². The van der Waals surface area contributed by atoms with Crippen molar-refractivity contribution in [3.05, 3.63) is 23.8 Å². The maximum atomic E-state index is 12.1. The first-order valence-corrected chi connectivity index (χ1v) is 3.53. The van der Waals surface area contributed by atoms with E-state index in [1.165, 1.54) is 13.1 Å². The van der Waals surface area contributed by atoms with Gasteiger partial charge in [0.05, 0.1) is 11.3 Å². The Morgan fingerprint density at radius 2 is 1.92 bits per heavy atom. The maximum absolute atomic E-state index is 12.1. The van der Waals surface area contributed by atoms with Crippen LogP contribution in [0.4, 0.5) is 18.9 Å². The molecule has 0 aliphatic carbocycles. The number of phenols is 1. The van der Waals surface area contributed by atoms with Crippen molar-refractivity contribution in [2.75, 3.05) is 12.4 Å². The van der Waals surface area contributed by atoms with Crippen molar-refractivity contribution in [1.82, 2.24) is 0 Å². The Hall–Kier alpha value is -1.39. The molecule has 0 spiro atoms. The van der Waals surface area contributed by atoms with E-state index < -0.39 is 17.5 Å². The molecule has 0 saturated heterocycles. The van der Waals surface area contributed by atoms with Gasteiger partial charge in [0, 0.05) is 7.05 Å². The Labute approximate surface area is 73.0 Å². The van der Waals surface area contributed by atoms with Crippen LogP contribution in [0.3, 0.4) is 0 Å². The molecule has 0 fully saturated rings. The molecule has 1 rings (SSSR count). The molecule has 0 amide bonds. The van der Waals surface area contributed by atoms with Gasteiger partial charge in [-0.05, 0) is 18.2 Å². The average Bonchev–Trinajstić information content (AvgIpc) is 2.02. The van der Waals surface area contributed by atoms with E-state index in [1.54, 1.807) is 0 Å². The molecule has 5 heteroatoms. The first-order chi connectivity index (χ1) is 5.95. The summed E-state index contributed by atoms with van der Waals surface area (Å²) >= 11 is 0. The van der Waals surface area contributed by atoms with Crippen LogP contribution in [-0.2, 0) is 6.18 Å². The summed E-state index contributed by atoms with van der Waals surface area (Å²) in [7, 11) is 1.52. The number of anilines is 1. The van der Waals surface area contributed by atoms with Gasteiger partial charge in [-0.15, -0.1) is 0 Å². The van der Waals surface area contributed by atoms with Gasteiger partial charge in [0.25, 0.3) is 0 Å². The molecule has 72 valence electrons. The fraction of sp³-hybridized carbons (Fsp3) is 0.250. The normalized spacial score (nSPS) is 11.4. The van der Waals surface area contributed by atoms with E-state index in [1.807, 2.05) is 0 Å². The van der Waals surface area contributed by atoms with Gasteiger partial charge in [0.15, 0.2) is 0 Å². The van der Waals surface area contributed by atoms with Gasteiger partial charge >= 0.3 is 6.18 Å². The average molecular weight is 191 g/mol. The number of benzene rings is 1. The van der Waals surface area contributed by atoms with Crippen molar-refractivity contribution >= 4 is 5.69 Å². The zero-order chi connectivity index (χ0) is 10.1. The molecule has 2 nitrogen and oxygen atoms in total. The minimum absolute atomic E-state index is 0.271. The predicted molar refractivity (Wildman–Crippen MR) is 42.7 cm³/mol. The molecule has 0 radical (unpaired) electrons. The van der Waals surface area contributed by atoms with Crippen molar-refractivity contribution in [3.8, 4) is 5.75 Å². The highest BCUT2D eigenvalue weighted by atomic mass is 19.4. The highest BCUT2D eigenvalue weighted by Crippen LogP contribution is 2.34. The number of alkyl halides is 3. The van der Waals surface area contributed by atoms with Crippen LogP contribution >= 0.6 is 0 Å². The van der Waals surface area contributed by atoms with E-state index >= 15 is 0 Å². The van der Waals surface area contributed by atoms with Crippen molar-refractivity contribution < 1.29 is 18.3 Å². The molecule has 13 heavy (non-hydrogen) atoms. The summed E-state index contributed by atoms with van der Waals surface area (Å²) in [5.74, 6) is -0.405. The molecular formula is C8H8F3NO. The SMILES string of the molecule is CNc1ccc(C(F)(F)F)cc1O. The van der Waals surface area contributed by atoms with Crippen molar-refractivity contribution in [2.24, 2.45) is 0 Å². The van der Waals surface area contributed by atoms with Gasteiger partial charge in [0.1, 0.15) is 5.75 Å². The zero-order valence-electron chi connectivity index (χ0n) is 6.81. The fourth-order valence-electron chi connectivity index (χ4n) is 0.919. The van der Waals surface area contributed by atoms with Crippen LogP contribution in [0.5, 0.6) is 5.75 Å². The number of halogens is 3. The summed E-state index contributed by atoms with van der Waals surface area (Å²) in [5.41, 5.74) is -0.586. The second-order valence-corrected chi connectivity index (χ2v) is 2.48. The molecule has 0 bridgehead atoms. The third kappa shape index (κ3) is 2.05. The zero-order valence-corrected chi connectivity index (χ0v) is 6.81. The Morgan fingerprint density at radius 3 is 2.31 bits per heavy atom. The number of hydrogen-bond donors (Lipinski definition) is 2. The highest BCUT2D eigenvalue weighted by molar-refractivity contribution is 5.56. The molecule has 0 unspecified atom stereocenters. The molecular weight excluding hydrogens is 183 g/mol. The van der Waals surface area contributed by atoms with Crippen LogP contribution in [0.2, 0.25) is 0 Å². The molecule has 0 atom stereocenters. The number of aromatic hydroxyl groups is 1. The fourth-order valence-corrected chi connectivity index (χ4v) is 0.919. The Morgan fingerprint density at radius 1 is 1.31 bits per heavy atom. The van der Waals surface area contributed by atoms with E-state index in [9.17, 15) is 13.2 Å². The van der Waals surface area contributed by atoms with Gasteiger partial charge in [-0.25, -0.2) is 0 Å². The summed E-state index contributed by atoms with van der Waals surface area (Å²) in [4.78, 5) is 0. The van der Waals surface area contributed by atoms with E-state index in [2.05, 4.69) is 5.32 Å². The predicted octanol–water partition coefficient (Wildman–Crippen LogP) is 2.45. The quantitative estimate of drug-likeness (QED) is 0.668. The van der Waals surface area contributed by atoms with Gasteiger partial charge in [-0.2, -0.15) is 13.2 Å². The van der Waals surface area contributed by atoms with Crippen molar-refractivity contribution in [2.45, 2.75) is 6.18 Å². The lowest BCUT2D eigenvalue weighted by Gasteiger charge is -2.09. The van der Waals surface area contributed by atoms with E-state index in [0.29, 0.717) is 6.07 Å². The Kier molecular flexibility index (Phi) is 2.36. The second kappa shape index (κ2) is 3.16. The van der Waals surface area contributed by atoms with Crippen LogP contribution in [0.15, 0.2) is 18.2 Å². The van der Waals surface area contributed by atoms with E-state index in [-0.39, 0.29) is 5.69 Å². The summed E-state index contributed by atoms with van der Waals surface area (Å²) < 4.78 is 36.2. The van der Waals surface area contributed by atoms with Gasteiger partial charge in [-0.1, -0.05) is 0 Å². The number of phenolic OH excluding ortho intramolecular Hbond substituents is 1. The molecule has 0 saturated carbocycles. The molecule has 0 heterocycles. The monoisotopic (exact) mass is 191 g/mol. The van der Waals surface area contributed by atoms with Crippen LogP contribution in [0.1, 0.15) is 5.56 Å². The summed E-state index contributed by atoms with van der Waals surface area (Å²) in [6.07, 6.45) is -4.41. The lowest BCUT2D eigenvalue weighted by molar-refractivity contribution is -0.137. The highest BCUT2D eigenvalue weighted by Gasteiger charge is 2.30. The van der Waals surface area contributed by atoms with Crippen molar-refractivity contribution in [1.29, 1.82) is 0 Å². The molecule has 0 aliphatic rings. The Bertz CT molecular complexity index is 309. The van der Waals surface area contributed by atoms with Crippen molar-refractivity contribution in [3.63, 3.8) is 0 Å². The maximum Gasteiger partial charge on any atom is 0.416 e. The standard InChI is InChI=1S/C8H8F3NO/c1-12-6-3-2-5(4-7(6)13)8(9,10)11/h2-4,12-13H,1H3. The summed E-state index contributed by atoms with van der Waals surface area (Å²) in [5, 5.41) is 11.6. The number of rotatable bonds is 1. The number of nitrogens with one attached hydrogen (secondary N) is 1. The molecule has 0 aromatic heterocycles. The van der Waals surface area contributed by atoms with Crippen LogP contribution in [0, 0.1) is 0 Å². The minimum Gasteiger partial charge on any atom is -0.506 e. The molecule has 1 aromatic carbocycles. The van der Waals surface area contributed by atoms with Crippen LogP contribution < -0.4 is 5.32 Å². The third-order valence-electron chi connectivity index (χ3n) is 1.59. The largest absolute Gasteiger partial charge is 0.506 e. The topological polar surface area (TPSA) is 32.3 Å². The molecule has 0 aliphatic heterocycles. The smallest absolute Gasteiger partial charge is 0.416 e. The lowest BCUT2D eigenvalue weighted by Crippen LogP contribution is -2.04. The third-order valence-corrected chi connectivity index (χ3v) is 1.59. The first kappa shape index (κ1) is 9.70. The van der Waals surface area contributed by atoms with Crippen LogP contribution in [0.25, 0.3) is 0 Å². The summed E-state index contributed by atoms with van der Waals surface area (Å²) in [6.45, 7) is 0. The van der Waals surface area contributed by atoms with E-state index in [4.69, 9.17) is 5.11 Å². The van der Waals surface area contributed by atoms with Gasteiger partial charge in [0.2, 0.25) is 0 Å². The second-order valence-electron chi connectivity index (χ2n) is 2.48. The number of hydrogen-bond acceptors (Lipinski definition) is 2. The Balaban J connectivity index is 3.10. The lowest BCUT2D eigenvalue weighted by atomic mass is 10.2. The van der Waals surface area contributed by atoms with Gasteiger partial charge in [-0.3, -0.25) is 0 Å². The molecule has 2 N–H and O–H groups in total. The van der Waals surface area contributed by atoms with Gasteiger partial charge < -0.3 is 10.4 Å². The first-order valence-electron chi connectivity index (χ1n) is 3.53.